The first-order valence-electron chi connectivity index (χ1n) is 10.2. The number of amides is 1. The van der Waals surface area contributed by atoms with E-state index in [4.69, 9.17) is 14.2 Å². The predicted octanol–water partition coefficient (Wildman–Crippen LogP) is 4.56. The van der Waals surface area contributed by atoms with Gasteiger partial charge >= 0.3 is 0 Å². The molecule has 8 nitrogen and oxygen atoms in total. The van der Waals surface area contributed by atoms with E-state index in [1.807, 2.05) is 61.5 Å². The Kier molecular flexibility index (Phi) is 6.21. The van der Waals surface area contributed by atoms with Crippen LogP contribution in [0.2, 0.25) is 0 Å². The van der Waals surface area contributed by atoms with Crippen molar-refractivity contribution < 1.29 is 23.9 Å². The zero-order chi connectivity index (χ0) is 22.5. The first-order valence-corrected chi connectivity index (χ1v) is 10.2. The number of nitro benzene ring substituents is 1. The molecule has 0 radical (unpaired) electrons. The number of carbonyl (C=O) groups excluding carboxylic acids is 1. The van der Waals surface area contributed by atoms with E-state index in [2.05, 4.69) is 0 Å². The van der Waals surface area contributed by atoms with Gasteiger partial charge in [0, 0.05) is 19.2 Å². The van der Waals surface area contributed by atoms with Gasteiger partial charge in [-0.2, -0.15) is 0 Å². The molecule has 0 N–H and O–H groups in total. The highest BCUT2D eigenvalue weighted by atomic mass is 16.7. The van der Waals surface area contributed by atoms with E-state index in [0.29, 0.717) is 25.4 Å². The molecule has 0 saturated heterocycles. The first-order chi connectivity index (χ1) is 15.5. The van der Waals surface area contributed by atoms with Crippen molar-refractivity contribution in [2.24, 2.45) is 0 Å². The highest BCUT2D eigenvalue weighted by Crippen LogP contribution is 2.38. The van der Waals surface area contributed by atoms with Crippen molar-refractivity contribution in [3.8, 4) is 17.2 Å². The minimum Gasteiger partial charge on any atom is -0.489 e. The molecule has 1 aliphatic heterocycles. The van der Waals surface area contributed by atoms with Gasteiger partial charge in [-0.15, -0.1) is 0 Å². The van der Waals surface area contributed by atoms with Crippen molar-refractivity contribution in [1.82, 2.24) is 4.90 Å². The summed E-state index contributed by atoms with van der Waals surface area (Å²) >= 11 is 0. The normalized spacial score (nSPS) is 11.8. The molecule has 0 saturated carbocycles. The van der Waals surface area contributed by atoms with Gasteiger partial charge in [0.25, 0.3) is 11.6 Å². The number of rotatable bonds is 8. The van der Waals surface area contributed by atoms with Crippen LogP contribution in [0, 0.1) is 10.1 Å². The number of fused-ring (bicyclic) bond motifs is 1. The summed E-state index contributed by atoms with van der Waals surface area (Å²) in [6.07, 6.45) is 0. The monoisotopic (exact) mass is 434 g/mol. The fourth-order valence-electron chi connectivity index (χ4n) is 3.40. The fraction of sp³-hybridized carbons (Fsp3) is 0.208. The van der Waals surface area contributed by atoms with E-state index in [1.165, 1.54) is 12.1 Å². The SMILES string of the molecule is CCN(Cc1ccc(OCc2ccccc2)cc1)C(=O)c1cc2c(cc1[N+](=O)[O-])OCO2. The number of nitrogens with zero attached hydrogens (tertiary/aromatic N) is 2. The van der Waals surface area contributed by atoms with Gasteiger partial charge in [0.15, 0.2) is 11.5 Å². The summed E-state index contributed by atoms with van der Waals surface area (Å²) in [7, 11) is 0. The van der Waals surface area contributed by atoms with Gasteiger partial charge in [-0.25, -0.2) is 0 Å². The first kappa shape index (κ1) is 21.2. The van der Waals surface area contributed by atoms with Crippen molar-refractivity contribution in [2.45, 2.75) is 20.1 Å². The minimum absolute atomic E-state index is 0.0242. The van der Waals surface area contributed by atoms with Crippen molar-refractivity contribution in [1.29, 1.82) is 0 Å². The Morgan fingerprint density at radius 2 is 1.72 bits per heavy atom. The van der Waals surface area contributed by atoms with Crippen LogP contribution < -0.4 is 14.2 Å². The maximum Gasteiger partial charge on any atom is 0.286 e. The number of hydrogen-bond donors (Lipinski definition) is 0. The average Bonchev–Trinajstić information content (AvgIpc) is 3.29. The van der Waals surface area contributed by atoms with Crippen LogP contribution in [0.15, 0.2) is 66.7 Å². The third kappa shape index (κ3) is 4.64. The van der Waals surface area contributed by atoms with Crippen molar-refractivity contribution in [3.05, 3.63) is 93.5 Å². The summed E-state index contributed by atoms with van der Waals surface area (Å²) < 4.78 is 16.3. The molecule has 3 aromatic carbocycles. The van der Waals surface area contributed by atoms with Crippen molar-refractivity contribution >= 4 is 11.6 Å². The van der Waals surface area contributed by atoms with E-state index < -0.39 is 10.8 Å². The van der Waals surface area contributed by atoms with Crippen LogP contribution in [0.5, 0.6) is 17.2 Å². The summed E-state index contributed by atoms with van der Waals surface area (Å²) in [5.41, 5.74) is 1.63. The molecular formula is C24H22N2O6. The molecule has 164 valence electrons. The number of carbonyl (C=O) groups is 1. The lowest BCUT2D eigenvalue weighted by atomic mass is 10.1. The molecule has 0 aliphatic carbocycles. The van der Waals surface area contributed by atoms with Gasteiger partial charge in [0.05, 0.1) is 11.0 Å². The number of nitro groups is 1. The summed E-state index contributed by atoms with van der Waals surface area (Å²) in [6.45, 7) is 2.96. The highest BCUT2D eigenvalue weighted by molar-refractivity contribution is 5.99. The van der Waals surface area contributed by atoms with Crippen molar-refractivity contribution in [3.63, 3.8) is 0 Å². The molecule has 0 fully saturated rings. The molecule has 1 heterocycles. The molecule has 0 atom stereocenters. The lowest BCUT2D eigenvalue weighted by molar-refractivity contribution is -0.385. The molecule has 1 amide bonds. The standard InChI is InChI=1S/C24H22N2O6/c1-2-25(24(27)20-12-22-23(32-16-31-22)13-21(20)26(28)29)14-17-8-10-19(11-9-17)30-15-18-6-4-3-5-7-18/h3-13H,2,14-16H2,1H3. The Labute approximate surface area is 185 Å². The lowest BCUT2D eigenvalue weighted by Crippen LogP contribution is -2.30. The molecule has 3 aromatic rings. The topological polar surface area (TPSA) is 91.1 Å². The van der Waals surface area contributed by atoms with Gasteiger partial charge in [-0.3, -0.25) is 14.9 Å². The van der Waals surface area contributed by atoms with Crippen LogP contribution in [-0.4, -0.2) is 29.1 Å². The molecule has 1 aliphatic rings. The quantitative estimate of drug-likeness (QED) is 0.381. The predicted molar refractivity (Wildman–Crippen MR) is 117 cm³/mol. The van der Waals surface area contributed by atoms with Crippen LogP contribution in [0.1, 0.15) is 28.4 Å². The van der Waals surface area contributed by atoms with E-state index in [9.17, 15) is 14.9 Å². The molecule has 32 heavy (non-hydrogen) atoms. The molecule has 4 rings (SSSR count). The maximum atomic E-state index is 13.1. The van der Waals surface area contributed by atoms with Gasteiger partial charge in [0.1, 0.15) is 17.9 Å². The third-order valence-corrected chi connectivity index (χ3v) is 5.13. The van der Waals surface area contributed by atoms with Gasteiger partial charge in [0.2, 0.25) is 6.79 Å². The van der Waals surface area contributed by atoms with Gasteiger partial charge in [-0.05, 0) is 30.2 Å². The van der Waals surface area contributed by atoms with E-state index in [0.717, 1.165) is 16.9 Å². The van der Waals surface area contributed by atoms with Crippen LogP contribution in [-0.2, 0) is 13.2 Å². The van der Waals surface area contributed by atoms with Gasteiger partial charge in [-0.1, -0.05) is 42.5 Å². The Morgan fingerprint density at radius 3 is 2.38 bits per heavy atom. The van der Waals surface area contributed by atoms with Crippen LogP contribution >= 0.6 is 0 Å². The Hall–Kier alpha value is -4.07. The molecule has 0 spiro atoms. The summed E-state index contributed by atoms with van der Waals surface area (Å²) in [4.78, 5) is 25.6. The number of benzene rings is 3. The second kappa shape index (κ2) is 9.38. The molecule has 0 aromatic heterocycles. The van der Waals surface area contributed by atoms with Gasteiger partial charge < -0.3 is 19.1 Å². The Bertz CT molecular complexity index is 1120. The highest BCUT2D eigenvalue weighted by Gasteiger charge is 2.29. The molecule has 0 bridgehead atoms. The Morgan fingerprint density at radius 1 is 1.03 bits per heavy atom. The smallest absolute Gasteiger partial charge is 0.286 e. The maximum absolute atomic E-state index is 13.1. The molecular weight excluding hydrogens is 412 g/mol. The molecule has 8 heteroatoms. The van der Waals surface area contributed by atoms with Crippen LogP contribution in [0.4, 0.5) is 5.69 Å². The summed E-state index contributed by atoms with van der Waals surface area (Å²) in [6, 6.07) is 19.9. The minimum atomic E-state index is -0.581. The van der Waals surface area contributed by atoms with Crippen LogP contribution in [0.3, 0.4) is 0 Å². The zero-order valence-corrected chi connectivity index (χ0v) is 17.5. The number of ether oxygens (including phenoxy) is 3. The zero-order valence-electron chi connectivity index (χ0n) is 17.5. The Balaban J connectivity index is 1.46. The van der Waals surface area contributed by atoms with E-state index in [-0.39, 0.29) is 23.8 Å². The fourth-order valence-corrected chi connectivity index (χ4v) is 3.40. The number of hydrogen-bond acceptors (Lipinski definition) is 6. The summed E-state index contributed by atoms with van der Waals surface area (Å²) in [5, 5.41) is 11.5. The van der Waals surface area contributed by atoms with E-state index >= 15 is 0 Å². The van der Waals surface area contributed by atoms with E-state index in [1.54, 1.807) is 4.90 Å². The lowest BCUT2D eigenvalue weighted by Gasteiger charge is -2.21. The molecule has 0 unspecified atom stereocenters. The average molecular weight is 434 g/mol. The van der Waals surface area contributed by atoms with Crippen molar-refractivity contribution in [2.75, 3.05) is 13.3 Å². The summed E-state index contributed by atoms with van der Waals surface area (Å²) in [5.74, 6) is 0.873. The largest absolute Gasteiger partial charge is 0.489 e. The third-order valence-electron chi connectivity index (χ3n) is 5.13. The second-order valence-electron chi connectivity index (χ2n) is 7.22. The van der Waals surface area contributed by atoms with Crippen LogP contribution in [0.25, 0.3) is 0 Å². The second-order valence-corrected chi connectivity index (χ2v) is 7.22.